The molecule has 0 fully saturated rings. The highest BCUT2D eigenvalue weighted by atomic mass is 16.5. The number of benzene rings is 1. The van der Waals surface area contributed by atoms with Gasteiger partial charge in [0.25, 0.3) is 5.91 Å². The number of nitrogens with zero attached hydrogens (tertiary/aromatic N) is 1. The van der Waals surface area contributed by atoms with E-state index in [2.05, 4.69) is 11.2 Å². The number of likely N-dealkylation sites (N-methyl/N-ethyl adjacent to an activating group) is 1. The van der Waals surface area contributed by atoms with Crippen molar-refractivity contribution in [2.24, 2.45) is 0 Å². The highest BCUT2D eigenvalue weighted by Crippen LogP contribution is 2.20. The van der Waals surface area contributed by atoms with Crippen LogP contribution in [0.15, 0.2) is 29.8 Å². The number of terminal acetylenes is 1. The molecule has 0 aliphatic rings. The monoisotopic (exact) mass is 240 g/mol. The van der Waals surface area contributed by atoms with Gasteiger partial charge in [-0.3, -0.25) is 4.79 Å². The van der Waals surface area contributed by atoms with Gasteiger partial charge in [-0.1, -0.05) is 24.1 Å². The van der Waals surface area contributed by atoms with Gasteiger partial charge in [-0.05, 0) is 12.1 Å². The van der Waals surface area contributed by atoms with E-state index in [0.29, 0.717) is 11.3 Å². The molecule has 1 amide bonds. The fraction of sp³-hybridized carbons (Fsp3) is 0.143. The Morgan fingerprint density at radius 2 is 2.28 bits per heavy atom. The van der Waals surface area contributed by atoms with Crippen LogP contribution in [-0.4, -0.2) is 19.6 Å². The highest BCUT2D eigenvalue weighted by molar-refractivity contribution is 6.01. The Morgan fingerprint density at radius 3 is 2.89 bits per heavy atom. The third-order valence-electron chi connectivity index (χ3n) is 2.12. The van der Waals surface area contributed by atoms with E-state index < -0.39 is 5.91 Å². The topological polar surface area (TPSA) is 62.1 Å². The average Bonchev–Trinajstić information content (AvgIpc) is 2.42. The predicted octanol–water partition coefficient (Wildman–Crippen LogP) is 1.35. The zero-order valence-corrected chi connectivity index (χ0v) is 9.93. The molecule has 4 heteroatoms. The van der Waals surface area contributed by atoms with Crippen LogP contribution in [0.1, 0.15) is 5.56 Å². The van der Waals surface area contributed by atoms with Crippen LogP contribution < -0.4 is 10.1 Å². The van der Waals surface area contributed by atoms with E-state index in [4.69, 9.17) is 16.4 Å². The van der Waals surface area contributed by atoms with Crippen LogP contribution in [0.5, 0.6) is 5.75 Å². The lowest BCUT2D eigenvalue weighted by Gasteiger charge is -2.06. The number of nitriles is 1. The van der Waals surface area contributed by atoms with E-state index in [1.54, 1.807) is 24.3 Å². The van der Waals surface area contributed by atoms with Crippen molar-refractivity contribution in [1.82, 2.24) is 5.32 Å². The number of carbonyl (C=O) groups excluding carboxylic acids is 1. The van der Waals surface area contributed by atoms with Crippen LogP contribution in [0.25, 0.3) is 6.08 Å². The van der Waals surface area contributed by atoms with Gasteiger partial charge in [0.2, 0.25) is 0 Å². The molecule has 0 spiro atoms. The lowest BCUT2D eigenvalue weighted by Crippen LogP contribution is -2.19. The van der Waals surface area contributed by atoms with Crippen LogP contribution in [0.4, 0.5) is 0 Å². The zero-order valence-electron chi connectivity index (χ0n) is 9.93. The third kappa shape index (κ3) is 3.40. The summed E-state index contributed by atoms with van der Waals surface area (Å²) in [5.41, 5.74) is 0.641. The number of rotatable bonds is 4. The summed E-state index contributed by atoms with van der Waals surface area (Å²) in [5.74, 6) is 2.45. The zero-order chi connectivity index (χ0) is 13.4. The van der Waals surface area contributed by atoms with E-state index in [9.17, 15) is 4.79 Å². The van der Waals surface area contributed by atoms with Crippen LogP contribution in [0.3, 0.4) is 0 Å². The van der Waals surface area contributed by atoms with Gasteiger partial charge in [0.1, 0.15) is 24.0 Å². The molecule has 0 saturated heterocycles. The first-order valence-electron chi connectivity index (χ1n) is 5.22. The molecule has 0 aromatic heterocycles. The molecule has 1 aromatic rings. The van der Waals surface area contributed by atoms with Crippen molar-refractivity contribution in [1.29, 1.82) is 5.26 Å². The second-order valence-corrected chi connectivity index (χ2v) is 3.28. The summed E-state index contributed by atoms with van der Waals surface area (Å²) in [6.45, 7) is 0.132. The summed E-state index contributed by atoms with van der Waals surface area (Å²) in [7, 11) is 1.47. The molecule has 0 aliphatic carbocycles. The quantitative estimate of drug-likeness (QED) is 0.491. The summed E-state index contributed by atoms with van der Waals surface area (Å²) in [6.07, 6.45) is 6.58. The second-order valence-electron chi connectivity index (χ2n) is 3.28. The van der Waals surface area contributed by atoms with Gasteiger partial charge >= 0.3 is 0 Å². The molecule has 0 bridgehead atoms. The normalized spacial score (nSPS) is 10.1. The summed E-state index contributed by atoms with van der Waals surface area (Å²) < 4.78 is 5.32. The van der Waals surface area contributed by atoms with Crippen molar-refractivity contribution in [3.8, 4) is 24.2 Å². The van der Waals surface area contributed by atoms with Gasteiger partial charge in [-0.15, -0.1) is 6.42 Å². The Balaban J connectivity index is 3.10. The molecule has 0 saturated carbocycles. The molecular formula is C14H12N2O2. The fourth-order valence-electron chi connectivity index (χ4n) is 1.29. The first-order chi connectivity index (χ1) is 8.72. The maximum absolute atomic E-state index is 11.4. The SMILES string of the molecule is C#CCOc1ccccc1/C=C(\C#N)C(=O)NC. The van der Waals surface area contributed by atoms with Crippen molar-refractivity contribution in [2.45, 2.75) is 0 Å². The highest BCUT2D eigenvalue weighted by Gasteiger charge is 2.08. The molecule has 1 rings (SSSR count). The maximum Gasteiger partial charge on any atom is 0.261 e. The molecule has 18 heavy (non-hydrogen) atoms. The lowest BCUT2D eigenvalue weighted by atomic mass is 10.1. The molecular weight excluding hydrogens is 228 g/mol. The Labute approximate surface area is 106 Å². The van der Waals surface area contributed by atoms with Crippen LogP contribution in [-0.2, 0) is 4.79 Å². The molecule has 0 unspecified atom stereocenters. The largest absolute Gasteiger partial charge is 0.480 e. The average molecular weight is 240 g/mol. The number of nitrogens with one attached hydrogen (secondary N) is 1. The number of para-hydroxylation sites is 1. The minimum atomic E-state index is -0.441. The van der Waals surface area contributed by atoms with Crippen LogP contribution >= 0.6 is 0 Å². The number of amides is 1. The molecule has 4 nitrogen and oxygen atoms in total. The molecule has 1 N–H and O–H groups in total. The van der Waals surface area contributed by atoms with Gasteiger partial charge in [0, 0.05) is 12.6 Å². The van der Waals surface area contributed by atoms with Crippen molar-refractivity contribution < 1.29 is 9.53 Å². The summed E-state index contributed by atoms with van der Waals surface area (Å²) >= 11 is 0. The summed E-state index contributed by atoms with van der Waals surface area (Å²) in [5, 5.41) is 11.3. The molecule has 0 heterocycles. The van der Waals surface area contributed by atoms with Gasteiger partial charge in [0.15, 0.2) is 0 Å². The lowest BCUT2D eigenvalue weighted by molar-refractivity contribution is -0.116. The van der Waals surface area contributed by atoms with Gasteiger partial charge < -0.3 is 10.1 Å². The second kappa shape index (κ2) is 6.78. The summed E-state index contributed by atoms with van der Waals surface area (Å²) in [6, 6.07) is 8.88. The van der Waals surface area contributed by atoms with E-state index in [-0.39, 0.29) is 12.2 Å². The first-order valence-corrected chi connectivity index (χ1v) is 5.22. The molecule has 0 atom stereocenters. The van der Waals surface area contributed by atoms with Crippen molar-refractivity contribution in [3.05, 3.63) is 35.4 Å². The first kappa shape index (κ1) is 13.3. The van der Waals surface area contributed by atoms with Gasteiger partial charge in [-0.2, -0.15) is 5.26 Å². The third-order valence-corrected chi connectivity index (χ3v) is 2.12. The summed E-state index contributed by atoms with van der Waals surface area (Å²) in [4.78, 5) is 11.4. The van der Waals surface area contributed by atoms with E-state index in [0.717, 1.165) is 0 Å². The fourth-order valence-corrected chi connectivity index (χ4v) is 1.29. The number of ether oxygens (including phenoxy) is 1. The van der Waals surface area contributed by atoms with E-state index in [1.165, 1.54) is 13.1 Å². The maximum atomic E-state index is 11.4. The van der Waals surface area contributed by atoms with Gasteiger partial charge in [0.05, 0.1) is 0 Å². The Hall–Kier alpha value is -2.72. The Kier molecular flexibility index (Phi) is 5.02. The van der Waals surface area contributed by atoms with Crippen LogP contribution in [0, 0.1) is 23.7 Å². The van der Waals surface area contributed by atoms with Crippen molar-refractivity contribution in [2.75, 3.05) is 13.7 Å². The van der Waals surface area contributed by atoms with Crippen molar-refractivity contribution in [3.63, 3.8) is 0 Å². The smallest absolute Gasteiger partial charge is 0.261 e. The van der Waals surface area contributed by atoms with Crippen molar-refractivity contribution >= 4 is 12.0 Å². The molecule has 1 aromatic carbocycles. The number of hydrogen-bond acceptors (Lipinski definition) is 3. The predicted molar refractivity (Wildman–Crippen MR) is 68.4 cm³/mol. The molecule has 0 aliphatic heterocycles. The molecule has 0 radical (unpaired) electrons. The van der Waals surface area contributed by atoms with E-state index in [1.807, 2.05) is 6.07 Å². The van der Waals surface area contributed by atoms with Gasteiger partial charge in [-0.25, -0.2) is 0 Å². The minimum Gasteiger partial charge on any atom is -0.480 e. The standard InChI is InChI=1S/C14H12N2O2/c1-3-8-18-13-7-5-4-6-11(13)9-12(10-15)14(17)16-2/h1,4-7,9H,8H2,2H3,(H,16,17)/b12-9+. The Bertz CT molecular complexity index is 548. The molecule has 90 valence electrons. The Morgan fingerprint density at radius 1 is 1.56 bits per heavy atom. The van der Waals surface area contributed by atoms with Crippen LogP contribution in [0.2, 0.25) is 0 Å². The van der Waals surface area contributed by atoms with E-state index >= 15 is 0 Å². The number of hydrogen-bond donors (Lipinski definition) is 1. The number of carbonyl (C=O) groups is 1. The minimum absolute atomic E-state index is 0.00857.